The number of piperidine rings is 1. The molecule has 7 heteroatoms. The van der Waals surface area contributed by atoms with E-state index in [9.17, 15) is 4.79 Å². The molecule has 1 unspecified atom stereocenters. The van der Waals surface area contributed by atoms with Gasteiger partial charge in [0.2, 0.25) is 5.95 Å². The number of hydrogen-bond donors (Lipinski definition) is 0. The Morgan fingerprint density at radius 3 is 2.81 bits per heavy atom. The molecule has 2 aromatic heterocycles. The molecule has 2 aliphatic rings. The number of carbonyl (C=O) groups is 1. The Hall–Kier alpha value is -1.76. The van der Waals surface area contributed by atoms with Crippen LogP contribution in [0, 0.1) is 5.92 Å². The second kappa shape index (κ2) is 7.86. The van der Waals surface area contributed by atoms with Crippen molar-refractivity contribution in [3.8, 4) is 0 Å². The lowest BCUT2D eigenvalue weighted by Crippen LogP contribution is -2.35. The van der Waals surface area contributed by atoms with Gasteiger partial charge in [0.15, 0.2) is 5.16 Å². The van der Waals surface area contributed by atoms with Gasteiger partial charge in [-0.25, -0.2) is 0 Å². The first-order valence-electron chi connectivity index (χ1n) is 9.60. The Balaban J connectivity index is 1.59. The molecular formula is C19H26N4O2S. The Morgan fingerprint density at radius 1 is 1.23 bits per heavy atom. The molecule has 0 bridgehead atoms. The van der Waals surface area contributed by atoms with E-state index in [1.165, 1.54) is 12.8 Å². The van der Waals surface area contributed by atoms with Crippen molar-refractivity contribution in [1.82, 2.24) is 14.8 Å². The molecule has 3 heterocycles. The predicted molar refractivity (Wildman–Crippen MR) is 102 cm³/mol. The highest BCUT2D eigenvalue weighted by Crippen LogP contribution is 2.33. The summed E-state index contributed by atoms with van der Waals surface area (Å²) in [6.07, 6.45) is 7.82. The number of hydrogen-bond acceptors (Lipinski definition) is 6. The Labute approximate surface area is 158 Å². The van der Waals surface area contributed by atoms with Crippen LogP contribution in [-0.4, -0.2) is 38.9 Å². The molecule has 2 aromatic rings. The normalized spacial score (nSPS) is 22.1. The fourth-order valence-corrected chi connectivity index (χ4v) is 4.86. The van der Waals surface area contributed by atoms with Gasteiger partial charge in [-0.3, -0.25) is 9.36 Å². The smallest absolute Gasteiger partial charge is 0.228 e. The van der Waals surface area contributed by atoms with E-state index >= 15 is 0 Å². The van der Waals surface area contributed by atoms with Crippen LogP contribution < -0.4 is 4.90 Å². The van der Waals surface area contributed by atoms with Crippen LogP contribution in [0.1, 0.15) is 51.2 Å². The molecule has 140 valence electrons. The van der Waals surface area contributed by atoms with Crippen molar-refractivity contribution >= 4 is 23.5 Å². The highest BCUT2D eigenvalue weighted by Gasteiger charge is 2.28. The largest absolute Gasteiger partial charge is 0.467 e. The molecule has 2 fully saturated rings. The first-order chi connectivity index (χ1) is 12.7. The number of ketones is 1. The third-order valence-corrected chi connectivity index (χ3v) is 6.70. The van der Waals surface area contributed by atoms with Crippen LogP contribution >= 0.6 is 11.8 Å². The molecule has 0 spiro atoms. The maximum absolute atomic E-state index is 12.3. The average molecular weight is 375 g/mol. The Morgan fingerprint density at radius 2 is 2.08 bits per heavy atom. The van der Waals surface area contributed by atoms with Gasteiger partial charge in [0.25, 0.3) is 0 Å². The maximum Gasteiger partial charge on any atom is 0.228 e. The molecule has 0 N–H and O–H groups in total. The summed E-state index contributed by atoms with van der Waals surface area (Å²) in [5.74, 6) is 2.90. The number of carbonyl (C=O) groups excluding carboxylic acids is 1. The highest BCUT2D eigenvalue weighted by atomic mass is 32.2. The average Bonchev–Trinajstić information content (AvgIpc) is 3.29. The summed E-state index contributed by atoms with van der Waals surface area (Å²) >= 11 is 1.58. The number of furan rings is 1. The van der Waals surface area contributed by atoms with Crippen molar-refractivity contribution in [1.29, 1.82) is 0 Å². The maximum atomic E-state index is 12.3. The lowest BCUT2D eigenvalue weighted by Gasteiger charge is -2.31. The SMILES string of the molecule is CC1CCN(c2nnc(SC3CCCCC3=O)n2Cc2ccco2)CC1. The Kier molecular flexibility index (Phi) is 5.33. The molecule has 1 atom stereocenters. The van der Waals surface area contributed by atoms with E-state index in [0.29, 0.717) is 18.7 Å². The van der Waals surface area contributed by atoms with Gasteiger partial charge in [-0.2, -0.15) is 0 Å². The summed E-state index contributed by atoms with van der Waals surface area (Å²) in [6, 6.07) is 3.88. The number of aromatic nitrogens is 3. The van der Waals surface area contributed by atoms with Crippen LogP contribution in [0.2, 0.25) is 0 Å². The molecule has 0 aromatic carbocycles. The van der Waals surface area contributed by atoms with Gasteiger partial charge in [0, 0.05) is 19.5 Å². The minimum absolute atomic E-state index is 0.0116. The van der Waals surface area contributed by atoms with Crippen molar-refractivity contribution in [2.75, 3.05) is 18.0 Å². The summed E-state index contributed by atoms with van der Waals surface area (Å²) in [5, 5.41) is 9.80. The topological polar surface area (TPSA) is 64.2 Å². The van der Waals surface area contributed by atoms with Crippen molar-refractivity contribution < 1.29 is 9.21 Å². The van der Waals surface area contributed by atoms with E-state index in [1.54, 1.807) is 18.0 Å². The monoisotopic (exact) mass is 374 g/mol. The summed E-state index contributed by atoms with van der Waals surface area (Å²) < 4.78 is 7.69. The van der Waals surface area contributed by atoms with Gasteiger partial charge in [-0.1, -0.05) is 25.1 Å². The third kappa shape index (κ3) is 3.82. The Bertz CT molecular complexity index is 735. The molecule has 1 aliphatic carbocycles. The molecule has 4 rings (SSSR count). The second-order valence-electron chi connectivity index (χ2n) is 7.44. The standard InChI is InChI=1S/C19H26N4O2S/c1-14-8-10-22(11-9-14)18-20-21-19(23(18)13-15-5-4-12-25-15)26-17-7-3-2-6-16(17)24/h4-5,12,14,17H,2-3,6-11,13H2,1H3. The quantitative estimate of drug-likeness (QED) is 0.794. The number of rotatable bonds is 5. The number of thioether (sulfide) groups is 1. The van der Waals surface area contributed by atoms with Gasteiger partial charge in [0.05, 0.1) is 18.1 Å². The zero-order chi connectivity index (χ0) is 17.9. The van der Waals surface area contributed by atoms with Gasteiger partial charge >= 0.3 is 0 Å². The van der Waals surface area contributed by atoms with Crippen molar-refractivity contribution in [3.05, 3.63) is 24.2 Å². The van der Waals surface area contributed by atoms with Crippen molar-refractivity contribution in [3.63, 3.8) is 0 Å². The van der Waals surface area contributed by atoms with Crippen molar-refractivity contribution in [2.45, 2.75) is 62.4 Å². The minimum atomic E-state index is 0.0116. The summed E-state index contributed by atoms with van der Waals surface area (Å²) in [7, 11) is 0. The van der Waals surface area contributed by atoms with Gasteiger partial charge in [-0.05, 0) is 43.7 Å². The van der Waals surface area contributed by atoms with Gasteiger partial charge < -0.3 is 9.32 Å². The van der Waals surface area contributed by atoms with Crippen LogP contribution in [0.25, 0.3) is 0 Å². The minimum Gasteiger partial charge on any atom is -0.467 e. The first-order valence-corrected chi connectivity index (χ1v) is 10.5. The molecule has 1 saturated heterocycles. The van der Waals surface area contributed by atoms with E-state index in [2.05, 4.69) is 26.6 Å². The summed E-state index contributed by atoms with van der Waals surface area (Å²) in [6.45, 7) is 4.92. The molecule has 26 heavy (non-hydrogen) atoms. The number of Topliss-reactive ketones (excluding diaryl/α,β-unsaturated/α-hetero) is 1. The lowest BCUT2D eigenvalue weighted by molar-refractivity contribution is -0.119. The zero-order valence-electron chi connectivity index (χ0n) is 15.3. The molecule has 0 amide bonds. The van der Waals surface area contributed by atoms with E-state index in [1.807, 2.05) is 12.1 Å². The fourth-order valence-electron chi connectivity index (χ4n) is 3.71. The van der Waals surface area contributed by atoms with Gasteiger partial charge in [0.1, 0.15) is 11.5 Å². The zero-order valence-corrected chi connectivity index (χ0v) is 16.1. The molecule has 1 saturated carbocycles. The van der Waals surface area contributed by atoms with Crippen molar-refractivity contribution in [2.24, 2.45) is 5.92 Å². The molecular weight excluding hydrogens is 348 g/mol. The van der Waals surface area contributed by atoms with Crippen LogP contribution in [0.3, 0.4) is 0 Å². The van der Waals surface area contributed by atoms with E-state index in [0.717, 1.165) is 55.1 Å². The van der Waals surface area contributed by atoms with E-state index in [-0.39, 0.29) is 5.25 Å². The molecule has 1 aliphatic heterocycles. The van der Waals surface area contributed by atoms with Crippen LogP contribution in [-0.2, 0) is 11.3 Å². The lowest BCUT2D eigenvalue weighted by atomic mass is 9.99. The van der Waals surface area contributed by atoms with Crippen LogP contribution in [0.4, 0.5) is 5.95 Å². The fraction of sp³-hybridized carbons (Fsp3) is 0.632. The summed E-state index contributed by atoms with van der Waals surface area (Å²) in [5.41, 5.74) is 0. The van der Waals surface area contributed by atoms with Crippen LogP contribution in [0.5, 0.6) is 0 Å². The highest BCUT2D eigenvalue weighted by molar-refractivity contribution is 8.00. The second-order valence-corrected chi connectivity index (χ2v) is 8.61. The molecule has 0 radical (unpaired) electrons. The van der Waals surface area contributed by atoms with E-state index in [4.69, 9.17) is 4.42 Å². The number of nitrogens with zero attached hydrogens (tertiary/aromatic N) is 4. The molecule has 6 nitrogen and oxygen atoms in total. The van der Waals surface area contributed by atoms with Crippen LogP contribution in [0.15, 0.2) is 28.0 Å². The summed E-state index contributed by atoms with van der Waals surface area (Å²) in [4.78, 5) is 14.6. The third-order valence-electron chi connectivity index (χ3n) is 5.40. The van der Waals surface area contributed by atoms with E-state index < -0.39 is 0 Å². The predicted octanol–water partition coefficient (Wildman–Crippen LogP) is 3.76. The number of anilines is 1. The van der Waals surface area contributed by atoms with Gasteiger partial charge in [-0.15, -0.1) is 10.2 Å². The first kappa shape index (κ1) is 17.6.